The molecule has 4 nitrogen and oxygen atoms in total. The number of hydrogen-bond donors (Lipinski definition) is 2. The number of carbonyl (C=O) groups excluding carboxylic acids is 1. The second-order valence-electron chi connectivity index (χ2n) is 5.68. The lowest BCUT2D eigenvalue weighted by Crippen LogP contribution is -2.47. The third-order valence-corrected chi connectivity index (χ3v) is 4.60. The predicted molar refractivity (Wildman–Crippen MR) is 68.6 cm³/mol. The molecule has 1 amide bonds. The van der Waals surface area contributed by atoms with Gasteiger partial charge in [-0.05, 0) is 39.3 Å². The van der Waals surface area contributed by atoms with Crippen molar-refractivity contribution in [1.82, 2.24) is 10.2 Å². The quantitative estimate of drug-likeness (QED) is 0.760. The summed E-state index contributed by atoms with van der Waals surface area (Å²) in [5.74, 6) is 0.192. The van der Waals surface area contributed by atoms with E-state index in [0.717, 1.165) is 38.8 Å². The highest BCUT2D eigenvalue weighted by molar-refractivity contribution is 5.83. The van der Waals surface area contributed by atoms with E-state index in [1.165, 1.54) is 12.8 Å². The van der Waals surface area contributed by atoms with E-state index in [4.69, 9.17) is 5.73 Å². The van der Waals surface area contributed by atoms with Crippen LogP contribution in [0.5, 0.6) is 0 Å². The molecule has 1 unspecified atom stereocenters. The molecule has 3 N–H and O–H groups in total. The molecule has 1 saturated heterocycles. The lowest BCUT2D eigenvalue weighted by atomic mass is 9.85. The summed E-state index contributed by atoms with van der Waals surface area (Å²) in [6, 6.07) is 0.523. The SMILES string of the molecule is CN1CCCC1CNC(=O)C1(CN)CCCC1. The normalized spacial score (nSPS) is 28.5. The lowest BCUT2D eigenvalue weighted by Gasteiger charge is -2.27. The Morgan fingerprint density at radius 1 is 1.41 bits per heavy atom. The summed E-state index contributed by atoms with van der Waals surface area (Å²) in [7, 11) is 2.14. The number of rotatable bonds is 4. The van der Waals surface area contributed by atoms with E-state index in [2.05, 4.69) is 17.3 Å². The van der Waals surface area contributed by atoms with Crippen molar-refractivity contribution >= 4 is 5.91 Å². The van der Waals surface area contributed by atoms with Gasteiger partial charge in [0.15, 0.2) is 0 Å². The molecule has 1 heterocycles. The Morgan fingerprint density at radius 3 is 2.65 bits per heavy atom. The van der Waals surface area contributed by atoms with Crippen LogP contribution < -0.4 is 11.1 Å². The molecule has 2 rings (SSSR count). The van der Waals surface area contributed by atoms with E-state index in [1.807, 2.05) is 0 Å². The van der Waals surface area contributed by atoms with Crippen molar-refractivity contribution in [3.63, 3.8) is 0 Å². The minimum Gasteiger partial charge on any atom is -0.354 e. The van der Waals surface area contributed by atoms with Crippen LogP contribution >= 0.6 is 0 Å². The highest BCUT2D eigenvalue weighted by atomic mass is 16.2. The van der Waals surface area contributed by atoms with Crippen LogP contribution in [0, 0.1) is 5.41 Å². The van der Waals surface area contributed by atoms with Crippen molar-refractivity contribution in [1.29, 1.82) is 0 Å². The first-order valence-corrected chi connectivity index (χ1v) is 6.86. The number of hydrogen-bond acceptors (Lipinski definition) is 3. The molecule has 0 spiro atoms. The van der Waals surface area contributed by atoms with Crippen LogP contribution in [-0.4, -0.2) is 43.5 Å². The molecule has 2 fully saturated rings. The van der Waals surface area contributed by atoms with Gasteiger partial charge in [0.05, 0.1) is 5.41 Å². The van der Waals surface area contributed by atoms with E-state index in [9.17, 15) is 4.79 Å². The van der Waals surface area contributed by atoms with E-state index in [1.54, 1.807) is 0 Å². The van der Waals surface area contributed by atoms with Crippen LogP contribution in [0.2, 0.25) is 0 Å². The summed E-state index contributed by atoms with van der Waals surface area (Å²) in [6.07, 6.45) is 6.68. The van der Waals surface area contributed by atoms with Crippen LogP contribution in [0.3, 0.4) is 0 Å². The van der Waals surface area contributed by atoms with Crippen molar-refractivity contribution in [3.8, 4) is 0 Å². The molecule has 2 aliphatic rings. The van der Waals surface area contributed by atoms with Gasteiger partial charge >= 0.3 is 0 Å². The highest BCUT2D eigenvalue weighted by Crippen LogP contribution is 2.37. The first-order chi connectivity index (χ1) is 8.18. The number of nitrogens with one attached hydrogen (secondary N) is 1. The molecule has 0 aromatic carbocycles. The van der Waals surface area contributed by atoms with Crippen LogP contribution in [-0.2, 0) is 4.79 Å². The number of nitrogens with two attached hydrogens (primary N) is 1. The third-order valence-electron chi connectivity index (χ3n) is 4.60. The second-order valence-corrected chi connectivity index (χ2v) is 5.68. The van der Waals surface area contributed by atoms with Gasteiger partial charge in [-0.25, -0.2) is 0 Å². The minimum atomic E-state index is -0.253. The molecule has 1 aliphatic heterocycles. The van der Waals surface area contributed by atoms with E-state index in [0.29, 0.717) is 12.6 Å². The van der Waals surface area contributed by atoms with Crippen molar-refractivity contribution in [3.05, 3.63) is 0 Å². The molecule has 0 aromatic heterocycles. The molecule has 0 aromatic rings. The van der Waals surface area contributed by atoms with Crippen molar-refractivity contribution in [2.75, 3.05) is 26.7 Å². The lowest BCUT2D eigenvalue weighted by molar-refractivity contribution is -0.130. The van der Waals surface area contributed by atoms with Gasteiger partial charge in [-0.2, -0.15) is 0 Å². The number of likely N-dealkylation sites (N-methyl/N-ethyl adjacent to an activating group) is 1. The van der Waals surface area contributed by atoms with Crippen LogP contribution in [0.4, 0.5) is 0 Å². The highest BCUT2D eigenvalue weighted by Gasteiger charge is 2.39. The molecule has 98 valence electrons. The summed E-state index contributed by atoms with van der Waals surface area (Å²) in [5, 5.41) is 3.13. The van der Waals surface area contributed by atoms with Gasteiger partial charge in [-0.3, -0.25) is 4.79 Å². The first kappa shape index (κ1) is 12.8. The average molecular weight is 239 g/mol. The standard InChI is InChI=1S/C13H25N3O/c1-16-8-4-5-11(16)9-15-12(17)13(10-14)6-2-3-7-13/h11H,2-10,14H2,1H3,(H,15,17). The fourth-order valence-electron chi connectivity index (χ4n) is 3.21. The summed E-state index contributed by atoms with van der Waals surface area (Å²) in [5.41, 5.74) is 5.56. The zero-order chi connectivity index (χ0) is 12.3. The first-order valence-electron chi connectivity index (χ1n) is 6.86. The Balaban J connectivity index is 1.84. The van der Waals surface area contributed by atoms with Gasteiger partial charge in [-0.1, -0.05) is 12.8 Å². The molecular weight excluding hydrogens is 214 g/mol. The van der Waals surface area contributed by atoms with Crippen molar-refractivity contribution in [2.45, 2.75) is 44.6 Å². The van der Waals surface area contributed by atoms with E-state index >= 15 is 0 Å². The molecule has 1 atom stereocenters. The molecule has 4 heteroatoms. The predicted octanol–water partition coefficient (Wildman–Crippen LogP) is 0.716. The van der Waals surface area contributed by atoms with Gasteiger partial charge in [0.25, 0.3) is 0 Å². The summed E-state index contributed by atoms with van der Waals surface area (Å²) in [4.78, 5) is 14.6. The van der Waals surface area contributed by atoms with Gasteiger partial charge in [-0.15, -0.1) is 0 Å². The Kier molecular flexibility index (Phi) is 4.05. The molecule has 0 radical (unpaired) electrons. The maximum atomic E-state index is 12.3. The van der Waals surface area contributed by atoms with Crippen molar-refractivity contribution in [2.24, 2.45) is 11.1 Å². The van der Waals surface area contributed by atoms with Crippen LogP contribution in [0.25, 0.3) is 0 Å². The summed E-state index contributed by atoms with van der Waals surface area (Å²) >= 11 is 0. The van der Waals surface area contributed by atoms with Gasteiger partial charge in [0.1, 0.15) is 0 Å². The maximum absolute atomic E-state index is 12.3. The second kappa shape index (κ2) is 5.36. The monoisotopic (exact) mass is 239 g/mol. The largest absolute Gasteiger partial charge is 0.354 e. The summed E-state index contributed by atoms with van der Waals surface area (Å²) in [6.45, 7) is 2.44. The molecular formula is C13H25N3O. The summed E-state index contributed by atoms with van der Waals surface area (Å²) < 4.78 is 0. The average Bonchev–Trinajstić information content (AvgIpc) is 2.95. The number of likely N-dealkylation sites (tertiary alicyclic amines) is 1. The Hall–Kier alpha value is -0.610. The zero-order valence-electron chi connectivity index (χ0n) is 10.9. The molecule has 17 heavy (non-hydrogen) atoms. The number of amides is 1. The van der Waals surface area contributed by atoms with Crippen LogP contribution in [0.15, 0.2) is 0 Å². The fourth-order valence-corrected chi connectivity index (χ4v) is 3.21. The Bertz CT molecular complexity index is 274. The molecule has 1 saturated carbocycles. The zero-order valence-corrected chi connectivity index (χ0v) is 10.9. The van der Waals surface area contributed by atoms with Crippen molar-refractivity contribution < 1.29 is 4.79 Å². The van der Waals surface area contributed by atoms with Gasteiger partial charge in [0, 0.05) is 19.1 Å². The molecule has 0 bridgehead atoms. The van der Waals surface area contributed by atoms with Gasteiger partial charge < -0.3 is 16.0 Å². The van der Waals surface area contributed by atoms with Gasteiger partial charge in [0.2, 0.25) is 5.91 Å². The Labute approximate surface area is 104 Å². The van der Waals surface area contributed by atoms with E-state index in [-0.39, 0.29) is 11.3 Å². The van der Waals surface area contributed by atoms with Crippen LogP contribution in [0.1, 0.15) is 38.5 Å². The smallest absolute Gasteiger partial charge is 0.227 e. The third kappa shape index (κ3) is 2.63. The fraction of sp³-hybridized carbons (Fsp3) is 0.923. The minimum absolute atomic E-state index is 0.192. The van der Waals surface area contributed by atoms with E-state index < -0.39 is 0 Å². The Morgan fingerprint density at radius 2 is 2.12 bits per heavy atom. The topological polar surface area (TPSA) is 58.4 Å². The number of carbonyl (C=O) groups is 1. The number of nitrogens with zero attached hydrogens (tertiary/aromatic N) is 1. The molecule has 1 aliphatic carbocycles. The maximum Gasteiger partial charge on any atom is 0.227 e.